The zero-order chi connectivity index (χ0) is 18.7. The molecular weight excluding hydrogens is 326 g/mol. The Morgan fingerprint density at radius 3 is 2.58 bits per heavy atom. The van der Waals surface area contributed by atoms with Crippen LogP contribution in [0.5, 0.6) is 0 Å². The van der Waals surface area contributed by atoms with E-state index in [4.69, 9.17) is 0 Å². The summed E-state index contributed by atoms with van der Waals surface area (Å²) in [6, 6.07) is 7.98. The van der Waals surface area contributed by atoms with Crippen molar-refractivity contribution < 1.29 is 9.59 Å². The molecule has 1 aromatic carbocycles. The number of fused-ring (bicyclic) bond motifs is 1. The number of nitrogens with zero attached hydrogens (tertiary/aromatic N) is 2. The Bertz CT molecular complexity index is 786. The lowest BCUT2D eigenvalue weighted by Crippen LogP contribution is -2.40. The van der Waals surface area contributed by atoms with Gasteiger partial charge in [0.1, 0.15) is 0 Å². The fourth-order valence-electron chi connectivity index (χ4n) is 3.63. The number of ketones is 1. The number of hydrogen-bond donors (Lipinski definition) is 1. The molecule has 0 saturated carbocycles. The van der Waals surface area contributed by atoms with E-state index in [1.165, 1.54) is 12.8 Å². The highest BCUT2D eigenvalue weighted by Crippen LogP contribution is 2.25. The van der Waals surface area contributed by atoms with Gasteiger partial charge in [-0.2, -0.15) is 0 Å². The number of aromatic nitrogens is 1. The number of Topliss-reactive ketones (excluding diaryl/α,β-unsaturated/α-hetero) is 1. The van der Waals surface area contributed by atoms with E-state index in [0.717, 1.165) is 36.5 Å². The number of carbonyl (C=O) groups excluding carboxylic acids is 2. The number of likely N-dealkylation sites (tertiary alicyclic amines) is 1. The van der Waals surface area contributed by atoms with E-state index in [9.17, 15) is 9.59 Å². The van der Waals surface area contributed by atoms with Crippen molar-refractivity contribution in [3.63, 3.8) is 0 Å². The van der Waals surface area contributed by atoms with E-state index in [2.05, 4.69) is 31.0 Å². The van der Waals surface area contributed by atoms with Crippen LogP contribution in [0, 0.1) is 5.92 Å². The van der Waals surface area contributed by atoms with Gasteiger partial charge in [-0.3, -0.25) is 9.59 Å². The second kappa shape index (κ2) is 8.04. The minimum atomic E-state index is -0.512. The zero-order valence-corrected chi connectivity index (χ0v) is 16.0. The third-order valence-electron chi connectivity index (χ3n) is 5.34. The average molecular weight is 355 g/mol. The highest BCUT2D eigenvalue weighted by molar-refractivity contribution is 6.45. The number of rotatable bonds is 6. The molecule has 2 aromatic rings. The van der Waals surface area contributed by atoms with E-state index in [1.807, 2.05) is 35.0 Å². The molecule has 0 bridgehead atoms. The lowest BCUT2D eigenvalue weighted by atomic mass is 9.99. The summed E-state index contributed by atoms with van der Waals surface area (Å²) < 4.78 is 2.05. The van der Waals surface area contributed by atoms with Crippen molar-refractivity contribution in [3.8, 4) is 0 Å². The Labute approximate surface area is 155 Å². The van der Waals surface area contributed by atoms with Crippen LogP contribution in [0.3, 0.4) is 0 Å². The molecule has 3 rings (SSSR count). The fraction of sp³-hybridized carbons (Fsp3) is 0.524. The molecule has 5 heteroatoms. The third-order valence-corrected chi connectivity index (χ3v) is 5.34. The summed E-state index contributed by atoms with van der Waals surface area (Å²) in [7, 11) is 0. The molecule has 1 saturated heterocycles. The quantitative estimate of drug-likeness (QED) is 0.639. The molecule has 0 spiro atoms. The first kappa shape index (κ1) is 18.6. The van der Waals surface area contributed by atoms with E-state index in [-0.39, 0.29) is 6.04 Å². The van der Waals surface area contributed by atoms with Gasteiger partial charge in [0.15, 0.2) is 0 Å². The first-order valence-electron chi connectivity index (χ1n) is 9.62. The van der Waals surface area contributed by atoms with Crippen molar-refractivity contribution in [2.45, 2.75) is 39.7 Å². The Morgan fingerprint density at radius 2 is 1.88 bits per heavy atom. The van der Waals surface area contributed by atoms with Crippen LogP contribution in [0.25, 0.3) is 10.9 Å². The molecule has 2 heterocycles. The molecule has 0 unspecified atom stereocenters. The number of carbonyl (C=O) groups is 2. The largest absolute Gasteiger partial charge is 0.348 e. The normalized spacial score (nSPS) is 16.3. The Hall–Kier alpha value is -2.14. The lowest BCUT2D eigenvalue weighted by molar-refractivity contribution is -0.117. The monoisotopic (exact) mass is 355 g/mol. The van der Waals surface area contributed by atoms with E-state index in [1.54, 1.807) is 0 Å². The number of amides is 1. The molecular formula is C21H29N3O2. The van der Waals surface area contributed by atoms with E-state index >= 15 is 0 Å². The first-order valence-corrected chi connectivity index (χ1v) is 9.62. The molecule has 1 aromatic heterocycles. The number of hydrogen-bond acceptors (Lipinski definition) is 3. The molecule has 0 atom stereocenters. The van der Waals surface area contributed by atoms with Crippen LogP contribution in [0.2, 0.25) is 0 Å². The van der Waals surface area contributed by atoms with Gasteiger partial charge in [-0.15, -0.1) is 0 Å². The van der Waals surface area contributed by atoms with Gasteiger partial charge >= 0.3 is 0 Å². The van der Waals surface area contributed by atoms with Gasteiger partial charge in [0.25, 0.3) is 11.7 Å². The van der Waals surface area contributed by atoms with Crippen LogP contribution < -0.4 is 5.32 Å². The van der Waals surface area contributed by atoms with Crippen LogP contribution in [-0.2, 0) is 4.79 Å². The topological polar surface area (TPSA) is 54.3 Å². The van der Waals surface area contributed by atoms with Crippen molar-refractivity contribution in [2.75, 3.05) is 26.2 Å². The second-order valence-electron chi connectivity index (χ2n) is 7.67. The second-order valence-corrected chi connectivity index (χ2v) is 7.67. The lowest BCUT2D eigenvalue weighted by Gasteiger charge is -2.30. The number of nitrogens with one attached hydrogen (secondary N) is 1. The minimum Gasteiger partial charge on any atom is -0.348 e. The summed E-state index contributed by atoms with van der Waals surface area (Å²) in [5, 5.41) is 3.64. The summed E-state index contributed by atoms with van der Waals surface area (Å²) in [5.41, 5.74) is 1.47. The number of para-hydroxylation sites is 1. The van der Waals surface area contributed by atoms with Gasteiger partial charge in [0.05, 0.1) is 5.56 Å². The minimum absolute atomic E-state index is 0.228. The van der Waals surface area contributed by atoms with Crippen LogP contribution >= 0.6 is 0 Å². The van der Waals surface area contributed by atoms with Gasteiger partial charge in [-0.05, 0) is 51.8 Å². The Kier molecular flexibility index (Phi) is 5.77. The van der Waals surface area contributed by atoms with Crippen LogP contribution in [-0.4, -0.2) is 47.3 Å². The van der Waals surface area contributed by atoms with Crippen LogP contribution in [0.4, 0.5) is 0 Å². The predicted octanol–water partition coefficient (Wildman–Crippen LogP) is 3.25. The van der Waals surface area contributed by atoms with Crippen molar-refractivity contribution >= 4 is 22.6 Å². The van der Waals surface area contributed by atoms with Gasteiger partial charge in [-0.1, -0.05) is 25.1 Å². The van der Waals surface area contributed by atoms with Crippen molar-refractivity contribution in [2.24, 2.45) is 5.92 Å². The molecule has 5 nitrogen and oxygen atoms in total. The smallest absolute Gasteiger partial charge is 0.292 e. The van der Waals surface area contributed by atoms with Gasteiger partial charge in [0.2, 0.25) is 0 Å². The maximum absolute atomic E-state index is 12.7. The summed E-state index contributed by atoms with van der Waals surface area (Å²) >= 11 is 0. The standard InChI is InChI=1S/C21H29N3O2/c1-15(2)24-14-18(17-6-4-5-7-19(17)24)20(25)21(26)22-10-13-23-11-8-16(3)9-12-23/h4-7,14-16H,8-13H2,1-3H3,(H,22,26). The molecule has 1 amide bonds. The van der Waals surface area contributed by atoms with Gasteiger partial charge in [-0.25, -0.2) is 0 Å². The molecule has 26 heavy (non-hydrogen) atoms. The molecule has 1 aliphatic rings. The van der Waals surface area contributed by atoms with Crippen LogP contribution in [0.15, 0.2) is 30.5 Å². The van der Waals surface area contributed by atoms with Crippen molar-refractivity contribution in [1.82, 2.24) is 14.8 Å². The number of piperidine rings is 1. The summed E-state index contributed by atoms with van der Waals surface area (Å²) in [5.74, 6) is -0.171. The Balaban J connectivity index is 1.64. The maximum Gasteiger partial charge on any atom is 0.292 e. The summed E-state index contributed by atoms with van der Waals surface area (Å²) in [6.45, 7) is 9.90. The summed E-state index contributed by atoms with van der Waals surface area (Å²) in [4.78, 5) is 27.4. The van der Waals surface area contributed by atoms with E-state index in [0.29, 0.717) is 12.1 Å². The molecule has 1 aliphatic heterocycles. The third kappa shape index (κ3) is 3.98. The molecule has 1 fully saturated rings. The predicted molar refractivity (Wildman–Crippen MR) is 105 cm³/mol. The molecule has 0 aliphatic carbocycles. The van der Waals surface area contributed by atoms with Crippen molar-refractivity contribution in [3.05, 3.63) is 36.0 Å². The van der Waals surface area contributed by atoms with E-state index < -0.39 is 11.7 Å². The SMILES string of the molecule is CC1CCN(CCNC(=O)C(=O)c2cn(C(C)C)c3ccccc23)CC1. The number of benzene rings is 1. The molecule has 140 valence electrons. The van der Waals surface area contributed by atoms with Gasteiger partial charge in [0, 0.05) is 36.2 Å². The highest BCUT2D eigenvalue weighted by atomic mass is 16.2. The summed E-state index contributed by atoms with van der Waals surface area (Å²) in [6.07, 6.45) is 4.23. The average Bonchev–Trinajstić information content (AvgIpc) is 3.02. The highest BCUT2D eigenvalue weighted by Gasteiger charge is 2.22. The molecule has 0 radical (unpaired) electrons. The maximum atomic E-state index is 12.7. The molecule has 1 N–H and O–H groups in total. The Morgan fingerprint density at radius 1 is 1.19 bits per heavy atom. The zero-order valence-electron chi connectivity index (χ0n) is 16.0. The fourth-order valence-corrected chi connectivity index (χ4v) is 3.63. The van der Waals surface area contributed by atoms with Gasteiger partial charge < -0.3 is 14.8 Å². The first-order chi connectivity index (χ1) is 12.5. The van der Waals surface area contributed by atoms with Crippen LogP contribution in [0.1, 0.15) is 50.0 Å². The van der Waals surface area contributed by atoms with Crippen molar-refractivity contribution in [1.29, 1.82) is 0 Å².